The summed E-state index contributed by atoms with van der Waals surface area (Å²) in [6, 6.07) is 57.7. The third kappa shape index (κ3) is 4.89. The van der Waals surface area contributed by atoms with E-state index in [1.807, 2.05) is 6.08 Å². The zero-order valence-corrected chi connectivity index (χ0v) is 32.0. The van der Waals surface area contributed by atoms with Gasteiger partial charge in [0.2, 0.25) is 16.7 Å². The fraction of sp³-hybridized carbons (Fsp3) is 0.0213. The van der Waals surface area contributed by atoms with Crippen LogP contribution in [0.3, 0.4) is 0 Å². The van der Waals surface area contributed by atoms with Gasteiger partial charge in [-0.3, -0.25) is 26.0 Å². The highest BCUT2D eigenvalue weighted by Gasteiger charge is 2.31. The highest BCUT2D eigenvalue weighted by molar-refractivity contribution is 7.54. The molecule has 0 radical (unpaired) electrons. The molecule has 0 saturated heterocycles. The number of nitrogens with zero attached hydrogens (tertiary/aromatic N) is 6. The van der Waals surface area contributed by atoms with Crippen LogP contribution in [0.15, 0.2) is 189 Å². The Hall–Kier alpha value is -6.32. The number of para-hydroxylation sites is 5. The lowest BCUT2D eigenvalue weighted by molar-refractivity contribution is 1.06. The molecule has 6 nitrogen and oxygen atoms in total. The minimum Gasteiger partial charge on any atom is -0.292 e. The maximum Gasteiger partial charge on any atom is 0.221 e. The molecular formula is C47H36N6P2. The second-order valence-corrected chi connectivity index (χ2v) is 17.5. The summed E-state index contributed by atoms with van der Waals surface area (Å²) in [6.45, 7) is 6.49. The number of hydrogen-bond acceptors (Lipinski definition) is 0. The molecule has 0 bridgehead atoms. The molecule has 0 aliphatic heterocycles. The van der Waals surface area contributed by atoms with Gasteiger partial charge in [0.05, 0.1) is 39.0 Å². The van der Waals surface area contributed by atoms with Crippen LogP contribution < -0.4 is 0 Å². The van der Waals surface area contributed by atoms with Crippen molar-refractivity contribution in [2.24, 2.45) is 0 Å². The van der Waals surface area contributed by atoms with E-state index in [0.717, 1.165) is 17.1 Å². The zero-order valence-electron chi connectivity index (χ0n) is 30.2. The van der Waals surface area contributed by atoms with Gasteiger partial charge in [-0.05, 0) is 101 Å². The first-order valence-corrected chi connectivity index (χ1v) is 20.9. The fourth-order valence-corrected chi connectivity index (χ4v) is 13.2. The van der Waals surface area contributed by atoms with Gasteiger partial charge in [-0.2, -0.15) is 0 Å². The molecule has 11 aromatic rings. The van der Waals surface area contributed by atoms with E-state index in [0.29, 0.717) is 0 Å². The van der Waals surface area contributed by atoms with E-state index < -0.39 is 16.7 Å². The summed E-state index contributed by atoms with van der Waals surface area (Å²) in [6.07, 6.45) is 11.1. The average molecular weight is 747 g/mol. The SMILES string of the molecule is C=Cc1c(C)ccn1P(n1ccc2ccccc21)n1c(-c2cc3ccccc3n2P(n2ccc3ccccc32)n2ccc3ccccc32)cc2ccccc21. The molecule has 8 heteroatoms. The van der Waals surface area contributed by atoms with Gasteiger partial charge >= 0.3 is 0 Å². The number of benzene rings is 5. The summed E-state index contributed by atoms with van der Waals surface area (Å²) in [5.74, 6) is 0. The third-order valence-electron chi connectivity index (χ3n) is 10.8. The molecule has 0 fully saturated rings. The van der Waals surface area contributed by atoms with Crippen LogP contribution >= 0.6 is 16.7 Å². The van der Waals surface area contributed by atoms with Gasteiger partial charge in [0.25, 0.3) is 0 Å². The van der Waals surface area contributed by atoms with Gasteiger partial charge in [-0.1, -0.05) is 97.6 Å². The molecule has 0 N–H and O–H groups in total. The Labute approximate surface area is 320 Å². The second kappa shape index (κ2) is 12.6. The summed E-state index contributed by atoms with van der Waals surface area (Å²) < 4.78 is 15.1. The van der Waals surface area contributed by atoms with Crippen molar-refractivity contribution in [1.82, 2.24) is 26.0 Å². The molecule has 0 aliphatic carbocycles. The Balaban J connectivity index is 1.28. The van der Waals surface area contributed by atoms with Crippen LogP contribution in [0.1, 0.15) is 11.3 Å². The lowest BCUT2D eigenvalue weighted by Crippen LogP contribution is -2.12. The van der Waals surface area contributed by atoms with Crippen LogP contribution in [0.4, 0.5) is 0 Å². The van der Waals surface area contributed by atoms with E-state index in [2.05, 4.69) is 222 Å². The molecule has 6 aromatic heterocycles. The number of hydrogen-bond donors (Lipinski definition) is 0. The van der Waals surface area contributed by atoms with Gasteiger partial charge in [0, 0.05) is 41.3 Å². The fourth-order valence-electron chi connectivity index (χ4n) is 8.24. The maximum absolute atomic E-state index is 4.31. The highest BCUT2D eigenvalue weighted by Crippen LogP contribution is 2.55. The first kappa shape index (κ1) is 32.1. The number of fused-ring (bicyclic) bond motifs is 5. The van der Waals surface area contributed by atoms with E-state index in [4.69, 9.17) is 0 Å². The average Bonchev–Trinajstić information content (AvgIpc) is 4.09. The molecule has 264 valence electrons. The van der Waals surface area contributed by atoms with Crippen LogP contribution in [-0.4, -0.2) is 26.0 Å². The lowest BCUT2D eigenvalue weighted by Gasteiger charge is -2.29. The van der Waals surface area contributed by atoms with Crippen molar-refractivity contribution in [2.45, 2.75) is 6.92 Å². The smallest absolute Gasteiger partial charge is 0.221 e. The number of aromatic nitrogens is 6. The zero-order chi connectivity index (χ0) is 36.6. The van der Waals surface area contributed by atoms with Crippen molar-refractivity contribution in [3.63, 3.8) is 0 Å². The van der Waals surface area contributed by atoms with E-state index >= 15 is 0 Å². The Bertz CT molecular complexity index is 3160. The van der Waals surface area contributed by atoms with Gasteiger partial charge in [0.15, 0.2) is 0 Å². The van der Waals surface area contributed by atoms with Crippen LogP contribution in [0.5, 0.6) is 0 Å². The molecule has 11 rings (SSSR count). The van der Waals surface area contributed by atoms with Crippen LogP contribution in [-0.2, 0) is 0 Å². The Morgan fingerprint density at radius 2 is 0.745 bits per heavy atom. The normalized spacial score (nSPS) is 12.6. The standard InChI is InChI=1S/C47H36N6P2/c1-3-40-34(2)24-28-48(40)54(49-29-25-35-14-4-9-19-41(35)49)52-44-22-12-7-17-38(44)32-46(52)47-33-39-18-8-13-23-45(39)53(47)55(50-30-26-36-15-5-10-20-42(36)50)51-31-27-37-16-6-11-21-43(37)51/h3-33H,1H2,2H3. The van der Waals surface area contributed by atoms with Crippen molar-refractivity contribution in [1.29, 1.82) is 0 Å². The highest BCUT2D eigenvalue weighted by atomic mass is 31.2. The molecule has 6 heterocycles. The summed E-state index contributed by atoms with van der Waals surface area (Å²) in [4.78, 5) is 0. The monoisotopic (exact) mass is 746 g/mol. The van der Waals surface area contributed by atoms with Gasteiger partial charge < -0.3 is 0 Å². The van der Waals surface area contributed by atoms with Crippen molar-refractivity contribution in [2.75, 3.05) is 0 Å². The van der Waals surface area contributed by atoms with Crippen LogP contribution in [0.25, 0.3) is 72.0 Å². The summed E-state index contributed by atoms with van der Waals surface area (Å²) in [5.41, 5.74) is 10.6. The predicted octanol–water partition coefficient (Wildman–Crippen LogP) is 13.2. The molecule has 1 unspecified atom stereocenters. The first-order valence-electron chi connectivity index (χ1n) is 18.5. The minimum absolute atomic E-state index is 1.12. The van der Waals surface area contributed by atoms with Crippen LogP contribution in [0, 0.1) is 6.92 Å². The number of rotatable bonds is 8. The molecule has 0 aliphatic rings. The maximum atomic E-state index is 4.31. The predicted molar refractivity (Wildman–Crippen MR) is 234 cm³/mol. The molecular weight excluding hydrogens is 711 g/mol. The van der Waals surface area contributed by atoms with E-state index in [1.54, 1.807) is 0 Å². The largest absolute Gasteiger partial charge is 0.292 e. The lowest BCUT2D eigenvalue weighted by atomic mass is 10.2. The van der Waals surface area contributed by atoms with Crippen molar-refractivity contribution in [3.05, 3.63) is 200 Å². The first-order chi connectivity index (χ1) is 27.2. The van der Waals surface area contributed by atoms with E-state index in [9.17, 15) is 0 Å². The molecule has 55 heavy (non-hydrogen) atoms. The summed E-state index contributed by atoms with van der Waals surface area (Å²) >= 11 is 0. The van der Waals surface area contributed by atoms with Gasteiger partial charge in [-0.15, -0.1) is 0 Å². The van der Waals surface area contributed by atoms with E-state index in [-0.39, 0.29) is 0 Å². The van der Waals surface area contributed by atoms with Crippen molar-refractivity contribution >= 4 is 77.3 Å². The molecule has 1 atom stereocenters. The molecule has 0 saturated carbocycles. The third-order valence-corrected chi connectivity index (χ3v) is 15.3. The van der Waals surface area contributed by atoms with E-state index in [1.165, 1.54) is 60.1 Å². The second-order valence-electron chi connectivity index (χ2n) is 13.9. The molecule has 5 aromatic carbocycles. The Kier molecular flexibility index (Phi) is 7.38. The Morgan fingerprint density at radius 3 is 1.16 bits per heavy atom. The van der Waals surface area contributed by atoms with Crippen molar-refractivity contribution in [3.8, 4) is 11.4 Å². The van der Waals surface area contributed by atoms with Crippen molar-refractivity contribution < 1.29 is 0 Å². The minimum atomic E-state index is -1.27. The Morgan fingerprint density at radius 1 is 0.400 bits per heavy atom. The number of aryl methyl sites for hydroxylation is 1. The summed E-state index contributed by atoms with van der Waals surface area (Å²) in [7, 11) is -2.53. The summed E-state index contributed by atoms with van der Waals surface area (Å²) in [5, 5.41) is 6.07. The molecule has 0 spiro atoms. The van der Waals surface area contributed by atoms with Gasteiger partial charge in [-0.25, -0.2) is 0 Å². The van der Waals surface area contributed by atoms with Gasteiger partial charge in [0.1, 0.15) is 0 Å². The molecule has 0 amide bonds. The topological polar surface area (TPSA) is 29.6 Å². The van der Waals surface area contributed by atoms with Crippen LogP contribution in [0.2, 0.25) is 0 Å². The quantitative estimate of drug-likeness (QED) is 0.139.